The number of fused-ring (bicyclic) bond motifs is 1. The van der Waals surface area contributed by atoms with Gasteiger partial charge in [-0.1, -0.05) is 25.1 Å². The Kier molecular flexibility index (Phi) is 6.44. The molecular formula is C17H28N2O3S. The minimum atomic E-state index is -3.26. The lowest BCUT2D eigenvalue weighted by molar-refractivity contribution is 0.194. The highest BCUT2D eigenvalue weighted by Gasteiger charge is 2.32. The van der Waals surface area contributed by atoms with Crippen LogP contribution in [0.25, 0.3) is 0 Å². The maximum absolute atomic E-state index is 12.9. The second-order valence-electron chi connectivity index (χ2n) is 6.13. The third-order valence-electron chi connectivity index (χ3n) is 4.45. The van der Waals surface area contributed by atoms with Crippen molar-refractivity contribution in [1.82, 2.24) is 4.31 Å². The second kappa shape index (κ2) is 8.13. The fourth-order valence-corrected chi connectivity index (χ4v) is 4.93. The van der Waals surface area contributed by atoms with Crippen LogP contribution in [0.1, 0.15) is 31.7 Å². The second-order valence-corrected chi connectivity index (χ2v) is 8.17. The highest BCUT2D eigenvalue weighted by atomic mass is 32.2. The predicted molar refractivity (Wildman–Crippen MR) is 94.2 cm³/mol. The Labute approximate surface area is 140 Å². The number of benzene rings is 1. The van der Waals surface area contributed by atoms with E-state index in [1.54, 1.807) is 11.4 Å². The minimum absolute atomic E-state index is 0.0137. The first kappa shape index (κ1) is 18.2. The molecule has 0 fully saturated rings. The third kappa shape index (κ3) is 4.46. The fraction of sp³-hybridized carbons (Fsp3) is 0.647. The molecule has 0 amide bonds. The van der Waals surface area contributed by atoms with Gasteiger partial charge in [0.25, 0.3) is 0 Å². The Hall–Kier alpha value is -1.11. The number of hydrogen-bond donors (Lipinski definition) is 0. The zero-order chi connectivity index (χ0) is 16.9. The zero-order valence-electron chi connectivity index (χ0n) is 14.4. The van der Waals surface area contributed by atoms with Gasteiger partial charge in [-0.2, -0.15) is 4.31 Å². The highest BCUT2D eigenvalue weighted by Crippen LogP contribution is 2.29. The fourth-order valence-electron chi connectivity index (χ4n) is 3.13. The van der Waals surface area contributed by atoms with Crippen molar-refractivity contribution in [2.45, 2.75) is 38.8 Å². The van der Waals surface area contributed by atoms with E-state index < -0.39 is 10.0 Å². The van der Waals surface area contributed by atoms with Gasteiger partial charge in [0, 0.05) is 45.6 Å². The van der Waals surface area contributed by atoms with Gasteiger partial charge in [0.2, 0.25) is 10.0 Å². The number of ether oxygens (including phenoxy) is 1. The van der Waals surface area contributed by atoms with Crippen molar-refractivity contribution in [2.24, 2.45) is 0 Å². The molecule has 1 aliphatic heterocycles. The lowest BCUT2D eigenvalue weighted by atomic mass is 10.1. The molecule has 1 aromatic rings. The van der Waals surface area contributed by atoms with Gasteiger partial charge >= 0.3 is 0 Å². The van der Waals surface area contributed by atoms with Gasteiger partial charge in [-0.05, 0) is 30.9 Å². The van der Waals surface area contributed by atoms with E-state index in [0.717, 1.165) is 30.6 Å². The van der Waals surface area contributed by atoms with Crippen LogP contribution < -0.4 is 4.90 Å². The summed E-state index contributed by atoms with van der Waals surface area (Å²) < 4.78 is 32.4. The summed E-state index contributed by atoms with van der Waals surface area (Å²) in [6.07, 6.45) is 2.23. The van der Waals surface area contributed by atoms with Gasteiger partial charge in [0.05, 0.1) is 5.75 Å². The maximum Gasteiger partial charge on any atom is 0.214 e. The number of hydrogen-bond acceptors (Lipinski definition) is 4. The molecule has 0 radical (unpaired) electrons. The van der Waals surface area contributed by atoms with E-state index in [0.29, 0.717) is 19.6 Å². The van der Waals surface area contributed by atoms with Crippen LogP contribution in [-0.2, 0) is 21.3 Å². The number of rotatable bonds is 7. The van der Waals surface area contributed by atoms with Crippen molar-refractivity contribution in [1.29, 1.82) is 0 Å². The van der Waals surface area contributed by atoms with Gasteiger partial charge in [-0.3, -0.25) is 0 Å². The van der Waals surface area contributed by atoms with Crippen molar-refractivity contribution in [2.75, 3.05) is 38.0 Å². The number of sulfonamides is 1. The molecule has 1 atom stereocenters. The van der Waals surface area contributed by atoms with E-state index in [1.165, 1.54) is 0 Å². The lowest BCUT2D eigenvalue weighted by Crippen LogP contribution is -2.44. The summed E-state index contributed by atoms with van der Waals surface area (Å²) in [6, 6.07) is 8.08. The number of para-hydroxylation sites is 1. The molecule has 1 aliphatic rings. The number of likely N-dealkylation sites (N-methyl/N-ethyl adjacent to an activating group) is 1. The molecule has 23 heavy (non-hydrogen) atoms. The molecule has 0 bridgehead atoms. The molecule has 0 aromatic heterocycles. The van der Waals surface area contributed by atoms with Crippen LogP contribution >= 0.6 is 0 Å². The molecule has 1 aromatic carbocycles. The molecule has 0 saturated heterocycles. The van der Waals surface area contributed by atoms with Crippen molar-refractivity contribution in [3.8, 4) is 0 Å². The Morgan fingerprint density at radius 1 is 1.26 bits per heavy atom. The summed E-state index contributed by atoms with van der Waals surface area (Å²) in [6.45, 7) is 3.86. The summed E-state index contributed by atoms with van der Waals surface area (Å²) in [5.41, 5.74) is 2.20. The molecule has 130 valence electrons. The molecule has 2 rings (SSSR count). The normalized spacial score (nSPS) is 19.4. The first-order valence-corrected chi connectivity index (χ1v) is 9.88. The average Bonchev–Trinajstić information content (AvgIpc) is 2.69. The summed E-state index contributed by atoms with van der Waals surface area (Å²) in [5.74, 6) is 0.193. The predicted octanol–water partition coefficient (Wildman–Crippen LogP) is 2.47. The molecule has 0 aliphatic carbocycles. The first-order chi connectivity index (χ1) is 11.0. The van der Waals surface area contributed by atoms with Crippen molar-refractivity contribution in [3.63, 3.8) is 0 Å². The van der Waals surface area contributed by atoms with Crippen molar-refractivity contribution < 1.29 is 13.2 Å². The molecule has 0 saturated carbocycles. The van der Waals surface area contributed by atoms with Gasteiger partial charge in [0.15, 0.2) is 0 Å². The summed E-state index contributed by atoms with van der Waals surface area (Å²) in [4.78, 5) is 2.17. The number of nitrogens with zero attached hydrogens (tertiary/aromatic N) is 2. The molecule has 6 heteroatoms. The summed E-state index contributed by atoms with van der Waals surface area (Å²) in [5, 5.41) is 0. The van der Waals surface area contributed by atoms with E-state index in [2.05, 4.69) is 17.9 Å². The minimum Gasteiger partial charge on any atom is -0.385 e. The van der Waals surface area contributed by atoms with E-state index in [4.69, 9.17) is 4.74 Å². The highest BCUT2D eigenvalue weighted by molar-refractivity contribution is 7.89. The van der Waals surface area contributed by atoms with Gasteiger partial charge in [-0.25, -0.2) is 8.42 Å². The van der Waals surface area contributed by atoms with Crippen LogP contribution in [0.3, 0.4) is 0 Å². The van der Waals surface area contributed by atoms with Crippen LogP contribution in [-0.4, -0.2) is 51.8 Å². The van der Waals surface area contributed by atoms with Crippen LogP contribution in [0.5, 0.6) is 0 Å². The molecule has 5 nitrogen and oxygen atoms in total. The SMILES string of the molecule is CC[C@@H]1CN(C)c2ccccc2CN1S(=O)(=O)CCCCOC. The van der Waals surface area contributed by atoms with Gasteiger partial charge in [0.1, 0.15) is 0 Å². The molecule has 0 spiro atoms. The Morgan fingerprint density at radius 2 is 2.00 bits per heavy atom. The summed E-state index contributed by atoms with van der Waals surface area (Å²) in [7, 11) is 0.417. The monoisotopic (exact) mass is 340 g/mol. The standard InChI is InChI=1S/C17H28N2O3S/c1-4-16-14-18(2)17-10-6-5-9-15(17)13-19(16)23(20,21)12-8-7-11-22-3/h5-6,9-10,16H,4,7-8,11-14H2,1-3H3/t16-/m1/s1. The van der Waals surface area contributed by atoms with Gasteiger partial charge < -0.3 is 9.64 Å². The first-order valence-electron chi connectivity index (χ1n) is 8.27. The van der Waals surface area contributed by atoms with Crippen LogP contribution in [0.2, 0.25) is 0 Å². The van der Waals surface area contributed by atoms with Crippen LogP contribution in [0.4, 0.5) is 5.69 Å². The molecule has 0 unspecified atom stereocenters. The average molecular weight is 340 g/mol. The van der Waals surface area contributed by atoms with Crippen molar-refractivity contribution >= 4 is 15.7 Å². The van der Waals surface area contributed by atoms with Crippen molar-refractivity contribution in [3.05, 3.63) is 29.8 Å². The van der Waals surface area contributed by atoms with Gasteiger partial charge in [-0.15, -0.1) is 0 Å². The lowest BCUT2D eigenvalue weighted by Gasteiger charge is -2.29. The third-order valence-corrected chi connectivity index (χ3v) is 6.40. The maximum atomic E-state index is 12.9. The number of methoxy groups -OCH3 is 1. The van der Waals surface area contributed by atoms with E-state index >= 15 is 0 Å². The Balaban J connectivity index is 2.21. The Bertz CT molecular complexity index is 604. The van der Waals surface area contributed by atoms with E-state index in [-0.39, 0.29) is 11.8 Å². The molecule has 1 heterocycles. The largest absolute Gasteiger partial charge is 0.385 e. The smallest absolute Gasteiger partial charge is 0.214 e. The van der Waals surface area contributed by atoms with Crippen LogP contribution in [0, 0.1) is 0 Å². The quantitative estimate of drug-likeness (QED) is 0.716. The molecular weight excluding hydrogens is 312 g/mol. The van der Waals surface area contributed by atoms with E-state index in [1.807, 2.05) is 25.2 Å². The Morgan fingerprint density at radius 3 is 2.70 bits per heavy atom. The number of anilines is 1. The zero-order valence-corrected chi connectivity index (χ0v) is 15.2. The van der Waals surface area contributed by atoms with E-state index in [9.17, 15) is 8.42 Å². The van der Waals surface area contributed by atoms with Crippen LogP contribution in [0.15, 0.2) is 24.3 Å². The summed E-state index contributed by atoms with van der Waals surface area (Å²) >= 11 is 0. The number of unbranched alkanes of at least 4 members (excludes halogenated alkanes) is 1. The topological polar surface area (TPSA) is 49.9 Å². The molecule has 0 N–H and O–H groups in total.